The zero-order chi connectivity index (χ0) is 17.3. The smallest absolute Gasteiger partial charge is 0.0892 e. The topological polar surface area (TPSA) is 38.3 Å². The number of benzene rings is 2. The number of fused-ring (bicyclic) bond motifs is 3. The van der Waals surface area contributed by atoms with Gasteiger partial charge in [0, 0.05) is 25.0 Å². The van der Waals surface area contributed by atoms with Crippen LogP contribution in [0.1, 0.15) is 17.5 Å². The Morgan fingerprint density at radius 3 is 2.65 bits per heavy atom. The minimum Gasteiger partial charge on any atom is -0.378 e. The summed E-state index contributed by atoms with van der Waals surface area (Å²) < 4.78 is 5.85. The van der Waals surface area contributed by atoms with Gasteiger partial charge in [-0.2, -0.15) is 0 Å². The number of nitrogens with zero attached hydrogens (tertiary/aromatic N) is 3. The molecule has 2 atom stereocenters. The summed E-state index contributed by atoms with van der Waals surface area (Å²) in [6.07, 6.45) is 6.89. The van der Waals surface area contributed by atoms with Gasteiger partial charge in [0.1, 0.15) is 0 Å². The van der Waals surface area contributed by atoms with Crippen LogP contribution in [0, 0.1) is 0 Å². The van der Waals surface area contributed by atoms with Crippen LogP contribution in [0.25, 0.3) is 16.6 Å². The predicted octanol–water partition coefficient (Wildman–Crippen LogP) is 3.69. The fourth-order valence-corrected chi connectivity index (χ4v) is 4.08. The highest BCUT2D eigenvalue weighted by Crippen LogP contribution is 2.34. The van der Waals surface area contributed by atoms with Crippen LogP contribution in [0.4, 0.5) is 0 Å². The number of aromatic nitrogens is 2. The second-order valence-electron chi connectivity index (χ2n) is 7.07. The van der Waals surface area contributed by atoms with E-state index in [4.69, 9.17) is 4.74 Å². The zero-order valence-corrected chi connectivity index (χ0v) is 14.6. The molecule has 1 saturated heterocycles. The summed E-state index contributed by atoms with van der Waals surface area (Å²) in [6, 6.07) is 17.9. The van der Waals surface area contributed by atoms with Crippen LogP contribution < -0.4 is 0 Å². The van der Waals surface area contributed by atoms with Crippen molar-refractivity contribution in [2.24, 2.45) is 0 Å². The first-order valence-electron chi connectivity index (χ1n) is 9.16. The first kappa shape index (κ1) is 15.7. The Hall–Kier alpha value is -2.56. The zero-order valence-electron chi connectivity index (χ0n) is 14.6. The van der Waals surface area contributed by atoms with Crippen LogP contribution in [-0.2, 0) is 11.3 Å². The summed E-state index contributed by atoms with van der Waals surface area (Å²) in [6.45, 7) is 2.54. The molecule has 2 unspecified atom stereocenters. The molecule has 3 heterocycles. The third-order valence-corrected chi connectivity index (χ3v) is 5.39. The molecule has 26 heavy (non-hydrogen) atoms. The highest BCUT2D eigenvalue weighted by Gasteiger charge is 2.34. The predicted molar refractivity (Wildman–Crippen MR) is 103 cm³/mol. The Kier molecular flexibility index (Phi) is 4.00. The van der Waals surface area contributed by atoms with Crippen LogP contribution in [0.2, 0.25) is 0 Å². The molecule has 1 fully saturated rings. The van der Waals surface area contributed by atoms with Crippen molar-refractivity contribution in [1.82, 2.24) is 14.9 Å². The maximum atomic E-state index is 5.85. The van der Waals surface area contributed by atoms with Crippen molar-refractivity contribution in [2.75, 3.05) is 13.2 Å². The van der Waals surface area contributed by atoms with Gasteiger partial charge in [0.2, 0.25) is 0 Å². The quantitative estimate of drug-likeness (QED) is 0.727. The summed E-state index contributed by atoms with van der Waals surface area (Å²) in [7, 11) is 0. The Labute approximate surface area is 153 Å². The lowest BCUT2D eigenvalue weighted by molar-refractivity contribution is -0.0402. The van der Waals surface area contributed by atoms with Gasteiger partial charge in [0.15, 0.2) is 0 Å². The molecule has 5 rings (SSSR count). The third-order valence-electron chi connectivity index (χ3n) is 5.39. The average Bonchev–Trinajstić information content (AvgIpc) is 2.68. The van der Waals surface area contributed by atoms with E-state index in [9.17, 15) is 0 Å². The standard InChI is InChI=1S/C22H21N3O/c1-2-4-16(5-3-1)13-25-19-10-18(11-20(25)15-26-14-19)17-6-7-21-22(12-17)24-9-8-23-21/h1-10,12,19-20H,11,13-15H2. The fraction of sp³-hybridized carbons (Fsp3) is 0.273. The summed E-state index contributed by atoms with van der Waals surface area (Å²) >= 11 is 0. The van der Waals surface area contributed by atoms with E-state index in [1.54, 1.807) is 12.4 Å². The molecule has 2 aliphatic rings. The minimum atomic E-state index is 0.329. The largest absolute Gasteiger partial charge is 0.378 e. The Balaban J connectivity index is 1.46. The maximum Gasteiger partial charge on any atom is 0.0892 e. The van der Waals surface area contributed by atoms with E-state index < -0.39 is 0 Å². The number of hydrogen-bond donors (Lipinski definition) is 0. The summed E-state index contributed by atoms with van der Waals surface area (Å²) in [5.74, 6) is 0. The Morgan fingerprint density at radius 1 is 0.962 bits per heavy atom. The summed E-state index contributed by atoms with van der Waals surface area (Å²) in [5, 5.41) is 0. The molecule has 2 aliphatic heterocycles. The molecule has 1 aromatic heterocycles. The van der Waals surface area contributed by atoms with Gasteiger partial charge in [-0.25, -0.2) is 0 Å². The van der Waals surface area contributed by atoms with E-state index in [-0.39, 0.29) is 0 Å². The average molecular weight is 343 g/mol. The lowest BCUT2D eigenvalue weighted by Gasteiger charge is -2.44. The van der Waals surface area contributed by atoms with Gasteiger partial charge in [-0.15, -0.1) is 0 Å². The number of hydrogen-bond acceptors (Lipinski definition) is 4. The van der Waals surface area contributed by atoms with Gasteiger partial charge in [0.05, 0.1) is 30.3 Å². The van der Waals surface area contributed by atoms with Crippen molar-refractivity contribution >= 4 is 16.6 Å². The number of ether oxygens (including phenoxy) is 1. The van der Waals surface area contributed by atoms with E-state index in [0.29, 0.717) is 12.1 Å². The fourth-order valence-electron chi connectivity index (χ4n) is 4.08. The minimum absolute atomic E-state index is 0.329. The maximum absolute atomic E-state index is 5.85. The van der Waals surface area contributed by atoms with Gasteiger partial charge in [0.25, 0.3) is 0 Å². The molecule has 0 amide bonds. The SMILES string of the molecule is C1=C(c2ccc3nccnc3c2)CC2COCC1N2Cc1ccccc1. The van der Waals surface area contributed by atoms with Crippen LogP contribution in [0.3, 0.4) is 0 Å². The van der Waals surface area contributed by atoms with Gasteiger partial charge in [-0.05, 0) is 35.3 Å². The van der Waals surface area contributed by atoms with Gasteiger partial charge in [-0.3, -0.25) is 14.9 Å². The highest BCUT2D eigenvalue weighted by molar-refractivity contribution is 5.80. The lowest BCUT2D eigenvalue weighted by atomic mass is 9.89. The van der Waals surface area contributed by atoms with Crippen molar-refractivity contribution in [1.29, 1.82) is 0 Å². The van der Waals surface area contributed by atoms with E-state index >= 15 is 0 Å². The normalized spacial score (nSPS) is 23.0. The molecule has 4 heteroatoms. The van der Waals surface area contributed by atoms with Crippen molar-refractivity contribution in [2.45, 2.75) is 25.0 Å². The van der Waals surface area contributed by atoms with E-state index in [1.165, 1.54) is 16.7 Å². The van der Waals surface area contributed by atoms with Crippen LogP contribution >= 0.6 is 0 Å². The van der Waals surface area contributed by atoms with E-state index in [1.807, 2.05) is 0 Å². The third kappa shape index (κ3) is 2.91. The van der Waals surface area contributed by atoms with Gasteiger partial charge < -0.3 is 4.74 Å². The van der Waals surface area contributed by atoms with Crippen molar-refractivity contribution in [3.8, 4) is 0 Å². The molecule has 0 radical (unpaired) electrons. The van der Waals surface area contributed by atoms with Crippen molar-refractivity contribution < 1.29 is 4.74 Å². The Bertz CT molecular complexity index is 954. The molecular weight excluding hydrogens is 322 g/mol. The molecule has 2 aromatic carbocycles. The van der Waals surface area contributed by atoms with Crippen molar-refractivity contribution in [3.05, 3.63) is 78.1 Å². The van der Waals surface area contributed by atoms with Crippen LogP contribution in [0.15, 0.2) is 67.0 Å². The molecule has 0 N–H and O–H groups in total. The first-order valence-corrected chi connectivity index (χ1v) is 9.16. The molecule has 0 aliphatic carbocycles. The number of rotatable bonds is 3. The highest BCUT2D eigenvalue weighted by atomic mass is 16.5. The summed E-state index contributed by atoms with van der Waals surface area (Å²) in [4.78, 5) is 11.4. The Morgan fingerprint density at radius 2 is 1.81 bits per heavy atom. The monoisotopic (exact) mass is 343 g/mol. The molecule has 2 bridgehead atoms. The molecule has 0 spiro atoms. The molecule has 130 valence electrons. The van der Waals surface area contributed by atoms with Crippen LogP contribution in [-0.4, -0.2) is 40.2 Å². The van der Waals surface area contributed by atoms with Crippen LogP contribution in [0.5, 0.6) is 0 Å². The number of morpholine rings is 1. The molecule has 0 saturated carbocycles. The lowest BCUT2D eigenvalue weighted by Crippen LogP contribution is -2.53. The second-order valence-corrected chi connectivity index (χ2v) is 7.07. The van der Waals surface area contributed by atoms with Crippen molar-refractivity contribution in [3.63, 3.8) is 0 Å². The van der Waals surface area contributed by atoms with E-state index in [0.717, 1.165) is 37.2 Å². The van der Waals surface area contributed by atoms with Gasteiger partial charge in [-0.1, -0.05) is 42.5 Å². The summed E-state index contributed by atoms with van der Waals surface area (Å²) in [5.41, 5.74) is 5.93. The first-order chi connectivity index (χ1) is 12.9. The molecular formula is C22H21N3O. The molecule has 3 aromatic rings. The second kappa shape index (κ2) is 6.63. The molecule has 4 nitrogen and oxygen atoms in total. The van der Waals surface area contributed by atoms with Gasteiger partial charge >= 0.3 is 0 Å². The van der Waals surface area contributed by atoms with E-state index in [2.05, 4.69) is 69.5 Å².